The van der Waals surface area contributed by atoms with Crippen molar-refractivity contribution >= 4 is 23.3 Å². The summed E-state index contributed by atoms with van der Waals surface area (Å²) < 4.78 is 21.5. The standard InChI is InChI=1S/C19H28N4O4S/c1-14-17(12-25-3)27-19(21-14)28-13-15-10-16(23-5-8-26-9-6-23)11-18(22-15)20-4-7-24-2/h10-11H,4-9,12-13H2,1-3H3,(H,20,22). The van der Waals surface area contributed by atoms with Crippen molar-refractivity contribution in [1.29, 1.82) is 0 Å². The van der Waals surface area contributed by atoms with Crippen LogP contribution < -0.4 is 10.2 Å². The first kappa shape index (κ1) is 20.9. The molecule has 0 amide bonds. The van der Waals surface area contributed by atoms with E-state index in [0.29, 0.717) is 30.7 Å². The zero-order valence-electron chi connectivity index (χ0n) is 16.7. The number of aromatic nitrogens is 2. The molecule has 2 aromatic rings. The molecule has 3 rings (SSSR count). The summed E-state index contributed by atoms with van der Waals surface area (Å²) in [7, 11) is 3.34. The van der Waals surface area contributed by atoms with Gasteiger partial charge in [-0.15, -0.1) is 0 Å². The fourth-order valence-corrected chi connectivity index (χ4v) is 3.67. The maximum atomic E-state index is 5.77. The average Bonchev–Trinajstić information content (AvgIpc) is 3.07. The molecule has 1 aliphatic heterocycles. The second-order valence-corrected chi connectivity index (χ2v) is 7.36. The zero-order chi connectivity index (χ0) is 19.8. The van der Waals surface area contributed by atoms with E-state index in [0.717, 1.165) is 55.0 Å². The van der Waals surface area contributed by atoms with E-state index in [2.05, 4.69) is 27.3 Å². The Kier molecular flexibility index (Phi) is 7.96. The number of methoxy groups -OCH3 is 2. The van der Waals surface area contributed by atoms with Gasteiger partial charge in [0, 0.05) is 51.4 Å². The van der Waals surface area contributed by atoms with E-state index < -0.39 is 0 Å². The van der Waals surface area contributed by atoms with Crippen molar-refractivity contribution in [3.05, 3.63) is 29.3 Å². The predicted octanol–water partition coefficient (Wildman–Crippen LogP) is 2.71. The van der Waals surface area contributed by atoms with E-state index in [1.165, 1.54) is 11.8 Å². The van der Waals surface area contributed by atoms with Gasteiger partial charge >= 0.3 is 0 Å². The molecule has 9 heteroatoms. The lowest BCUT2D eigenvalue weighted by Gasteiger charge is -2.29. The third-order valence-corrected chi connectivity index (χ3v) is 5.21. The predicted molar refractivity (Wildman–Crippen MR) is 109 cm³/mol. The fourth-order valence-electron chi connectivity index (χ4n) is 2.89. The van der Waals surface area contributed by atoms with Crippen LogP contribution in [0.2, 0.25) is 0 Å². The summed E-state index contributed by atoms with van der Waals surface area (Å²) in [4.78, 5) is 11.5. The number of rotatable bonds is 10. The summed E-state index contributed by atoms with van der Waals surface area (Å²) in [5.41, 5.74) is 2.98. The highest BCUT2D eigenvalue weighted by Crippen LogP contribution is 2.27. The van der Waals surface area contributed by atoms with Crippen LogP contribution in [0.4, 0.5) is 11.5 Å². The number of hydrogen-bond donors (Lipinski definition) is 1. The monoisotopic (exact) mass is 408 g/mol. The number of morpholine rings is 1. The van der Waals surface area contributed by atoms with Gasteiger partial charge in [-0.2, -0.15) is 0 Å². The number of nitrogens with one attached hydrogen (secondary N) is 1. The minimum absolute atomic E-state index is 0.428. The molecule has 3 heterocycles. The number of ether oxygens (including phenoxy) is 3. The quantitative estimate of drug-likeness (QED) is 0.471. The molecule has 0 saturated carbocycles. The Balaban J connectivity index is 1.72. The SMILES string of the molecule is COCCNc1cc(N2CCOCC2)cc(CSc2nc(C)c(COC)o2)n1. The van der Waals surface area contributed by atoms with Crippen LogP contribution in [0, 0.1) is 6.92 Å². The maximum absolute atomic E-state index is 5.77. The molecule has 8 nitrogen and oxygen atoms in total. The van der Waals surface area contributed by atoms with Crippen LogP contribution in [0.3, 0.4) is 0 Å². The van der Waals surface area contributed by atoms with Gasteiger partial charge in [0.05, 0.1) is 31.2 Å². The number of nitrogens with zero attached hydrogens (tertiary/aromatic N) is 3. The molecule has 0 aromatic carbocycles. The Labute approximate surface area is 170 Å². The van der Waals surface area contributed by atoms with E-state index in [1.54, 1.807) is 14.2 Å². The minimum Gasteiger partial charge on any atom is -0.434 e. The summed E-state index contributed by atoms with van der Waals surface area (Å²) in [6.07, 6.45) is 0. The number of pyridine rings is 1. The highest BCUT2D eigenvalue weighted by atomic mass is 32.2. The second kappa shape index (κ2) is 10.7. The van der Waals surface area contributed by atoms with E-state index in [9.17, 15) is 0 Å². The molecule has 1 aliphatic rings. The largest absolute Gasteiger partial charge is 0.434 e. The van der Waals surface area contributed by atoms with Crippen LogP contribution >= 0.6 is 11.8 Å². The van der Waals surface area contributed by atoms with Crippen molar-refractivity contribution in [2.45, 2.75) is 24.5 Å². The highest BCUT2D eigenvalue weighted by Gasteiger charge is 2.15. The number of thioether (sulfide) groups is 1. The summed E-state index contributed by atoms with van der Waals surface area (Å²) in [6, 6.07) is 4.22. The fraction of sp³-hybridized carbons (Fsp3) is 0.579. The van der Waals surface area contributed by atoms with Crippen molar-refractivity contribution in [3.8, 4) is 0 Å². The maximum Gasteiger partial charge on any atom is 0.256 e. The summed E-state index contributed by atoms with van der Waals surface area (Å²) >= 11 is 1.54. The molecule has 2 aromatic heterocycles. The Bertz CT molecular complexity index is 750. The lowest BCUT2D eigenvalue weighted by molar-refractivity contribution is 0.122. The van der Waals surface area contributed by atoms with Gasteiger partial charge in [0.15, 0.2) is 5.76 Å². The minimum atomic E-state index is 0.428. The molecule has 28 heavy (non-hydrogen) atoms. The molecule has 0 atom stereocenters. The van der Waals surface area contributed by atoms with Crippen LogP contribution in [0.5, 0.6) is 0 Å². The number of aryl methyl sites for hydroxylation is 1. The normalized spacial score (nSPS) is 14.5. The third kappa shape index (κ3) is 5.84. The second-order valence-electron chi connectivity index (χ2n) is 6.43. The van der Waals surface area contributed by atoms with Crippen molar-refractivity contribution < 1.29 is 18.6 Å². The molecular weight excluding hydrogens is 380 g/mol. The Hall–Kier alpha value is -1.81. The number of anilines is 2. The molecule has 1 N–H and O–H groups in total. The van der Waals surface area contributed by atoms with Crippen molar-refractivity contribution in [2.24, 2.45) is 0 Å². The van der Waals surface area contributed by atoms with E-state index in [1.807, 2.05) is 6.92 Å². The topological polar surface area (TPSA) is 81.9 Å². The van der Waals surface area contributed by atoms with Gasteiger partial charge in [-0.1, -0.05) is 11.8 Å². The summed E-state index contributed by atoms with van der Waals surface area (Å²) in [6.45, 7) is 6.95. The van der Waals surface area contributed by atoms with Gasteiger partial charge < -0.3 is 28.8 Å². The first-order valence-electron chi connectivity index (χ1n) is 9.34. The Morgan fingerprint density at radius 2 is 2.00 bits per heavy atom. The molecule has 0 spiro atoms. The molecular formula is C19H28N4O4S. The number of oxazole rings is 1. The summed E-state index contributed by atoms with van der Waals surface area (Å²) in [5, 5.41) is 3.97. The van der Waals surface area contributed by atoms with Crippen LogP contribution in [0.15, 0.2) is 21.8 Å². The number of hydrogen-bond acceptors (Lipinski definition) is 9. The van der Waals surface area contributed by atoms with Gasteiger partial charge in [-0.25, -0.2) is 9.97 Å². The van der Waals surface area contributed by atoms with Gasteiger partial charge in [0.2, 0.25) is 0 Å². The van der Waals surface area contributed by atoms with Crippen molar-refractivity contribution in [3.63, 3.8) is 0 Å². The van der Waals surface area contributed by atoms with E-state index in [-0.39, 0.29) is 0 Å². The molecule has 0 bridgehead atoms. The molecule has 1 saturated heterocycles. The Morgan fingerprint density at radius 1 is 1.18 bits per heavy atom. The average molecular weight is 409 g/mol. The first-order valence-corrected chi connectivity index (χ1v) is 10.3. The molecule has 1 fully saturated rings. The van der Waals surface area contributed by atoms with Crippen LogP contribution in [0.1, 0.15) is 17.1 Å². The third-order valence-electron chi connectivity index (χ3n) is 4.34. The first-order chi connectivity index (χ1) is 13.7. The summed E-state index contributed by atoms with van der Waals surface area (Å²) in [5.74, 6) is 2.28. The van der Waals surface area contributed by atoms with Gasteiger partial charge in [0.25, 0.3) is 5.22 Å². The molecule has 154 valence electrons. The van der Waals surface area contributed by atoms with Crippen LogP contribution in [-0.2, 0) is 26.6 Å². The van der Waals surface area contributed by atoms with Gasteiger partial charge in [0.1, 0.15) is 12.4 Å². The van der Waals surface area contributed by atoms with Crippen LogP contribution in [-0.4, -0.2) is 63.6 Å². The van der Waals surface area contributed by atoms with Gasteiger partial charge in [-0.05, 0) is 13.0 Å². The van der Waals surface area contributed by atoms with Gasteiger partial charge in [-0.3, -0.25) is 0 Å². The molecule has 0 radical (unpaired) electrons. The molecule has 0 unspecified atom stereocenters. The zero-order valence-corrected chi connectivity index (χ0v) is 17.5. The highest BCUT2D eigenvalue weighted by molar-refractivity contribution is 7.98. The van der Waals surface area contributed by atoms with E-state index >= 15 is 0 Å². The lowest BCUT2D eigenvalue weighted by atomic mass is 10.2. The van der Waals surface area contributed by atoms with Crippen molar-refractivity contribution in [2.75, 3.05) is 63.9 Å². The van der Waals surface area contributed by atoms with Crippen molar-refractivity contribution in [1.82, 2.24) is 9.97 Å². The Morgan fingerprint density at radius 3 is 2.75 bits per heavy atom. The lowest BCUT2D eigenvalue weighted by Crippen LogP contribution is -2.36. The van der Waals surface area contributed by atoms with E-state index in [4.69, 9.17) is 23.6 Å². The molecule has 0 aliphatic carbocycles. The smallest absolute Gasteiger partial charge is 0.256 e. The van der Waals surface area contributed by atoms with Crippen LogP contribution in [0.25, 0.3) is 0 Å².